The molecule has 1 aromatic carbocycles. The number of nitrogens with zero attached hydrogens (tertiary/aromatic N) is 2. The van der Waals surface area contributed by atoms with Crippen molar-refractivity contribution in [3.05, 3.63) is 57.5 Å². The van der Waals surface area contributed by atoms with Gasteiger partial charge in [-0.15, -0.1) is 11.3 Å². The molecule has 3 rings (SSSR count). The number of thiophene rings is 1. The van der Waals surface area contributed by atoms with Crippen molar-refractivity contribution in [2.45, 2.75) is 45.7 Å². The minimum atomic E-state index is -0.302. The maximum absolute atomic E-state index is 13.3. The quantitative estimate of drug-likeness (QED) is 0.544. The van der Waals surface area contributed by atoms with Crippen molar-refractivity contribution in [2.75, 3.05) is 26.8 Å². The molecule has 2 amide bonds. The lowest BCUT2D eigenvalue weighted by Crippen LogP contribution is -2.45. The molecule has 0 atom stereocenters. The van der Waals surface area contributed by atoms with Gasteiger partial charge in [-0.3, -0.25) is 9.59 Å². The lowest BCUT2D eigenvalue weighted by atomic mass is 10.1. The number of halogens is 1. The molecule has 1 aromatic heterocycles. The number of methoxy groups -OCH3 is 1. The van der Waals surface area contributed by atoms with Crippen molar-refractivity contribution < 1.29 is 18.7 Å². The first-order valence-electron chi connectivity index (χ1n) is 10.8. The first-order valence-corrected chi connectivity index (χ1v) is 11.6. The van der Waals surface area contributed by atoms with E-state index in [4.69, 9.17) is 4.74 Å². The zero-order valence-electron chi connectivity index (χ0n) is 18.3. The third kappa shape index (κ3) is 6.87. The summed E-state index contributed by atoms with van der Waals surface area (Å²) in [5.41, 5.74) is 0.855. The van der Waals surface area contributed by atoms with Crippen LogP contribution in [0, 0.1) is 18.7 Å². The SMILES string of the molecule is COCCN(CC(=O)N(Cc1ccc(F)cc1)Cc1ccc(C)s1)C(=O)C1CCCC1. The number of benzene rings is 1. The molecule has 0 aliphatic heterocycles. The van der Waals surface area contributed by atoms with Crippen molar-refractivity contribution in [2.24, 2.45) is 5.92 Å². The zero-order chi connectivity index (χ0) is 22.2. The number of ether oxygens (including phenoxy) is 1. The molecule has 0 N–H and O–H groups in total. The summed E-state index contributed by atoms with van der Waals surface area (Å²) in [6.07, 6.45) is 3.92. The molecule has 5 nitrogen and oxygen atoms in total. The van der Waals surface area contributed by atoms with Crippen LogP contribution in [0.2, 0.25) is 0 Å². The van der Waals surface area contributed by atoms with E-state index in [1.165, 1.54) is 17.0 Å². The van der Waals surface area contributed by atoms with Crippen LogP contribution < -0.4 is 0 Å². The van der Waals surface area contributed by atoms with Crippen LogP contribution in [0.3, 0.4) is 0 Å². The minimum absolute atomic E-state index is 0.00940. The maximum atomic E-state index is 13.3. The van der Waals surface area contributed by atoms with E-state index in [1.807, 2.05) is 19.1 Å². The summed E-state index contributed by atoms with van der Waals surface area (Å²) in [5.74, 6) is -0.354. The molecule has 7 heteroatoms. The zero-order valence-corrected chi connectivity index (χ0v) is 19.1. The van der Waals surface area contributed by atoms with Gasteiger partial charge >= 0.3 is 0 Å². The molecule has 168 valence electrons. The van der Waals surface area contributed by atoms with Crippen LogP contribution in [0.5, 0.6) is 0 Å². The van der Waals surface area contributed by atoms with E-state index in [1.54, 1.807) is 40.4 Å². The van der Waals surface area contributed by atoms with Gasteiger partial charge in [-0.05, 0) is 49.6 Å². The van der Waals surface area contributed by atoms with Crippen LogP contribution in [0.4, 0.5) is 4.39 Å². The van der Waals surface area contributed by atoms with Crippen LogP contribution in [0.25, 0.3) is 0 Å². The summed E-state index contributed by atoms with van der Waals surface area (Å²) < 4.78 is 18.5. The Morgan fingerprint density at radius 3 is 2.39 bits per heavy atom. The summed E-state index contributed by atoms with van der Waals surface area (Å²) in [6.45, 7) is 3.70. The highest BCUT2D eigenvalue weighted by molar-refractivity contribution is 7.11. The van der Waals surface area contributed by atoms with E-state index in [2.05, 4.69) is 0 Å². The fourth-order valence-electron chi connectivity index (χ4n) is 3.96. The third-order valence-corrected chi connectivity index (χ3v) is 6.68. The molecular formula is C24H31FN2O3S. The topological polar surface area (TPSA) is 49.9 Å². The lowest BCUT2D eigenvalue weighted by molar-refractivity contribution is -0.144. The predicted octanol–water partition coefficient (Wildman–Crippen LogP) is 4.39. The van der Waals surface area contributed by atoms with Crippen LogP contribution in [-0.4, -0.2) is 48.4 Å². The van der Waals surface area contributed by atoms with Gasteiger partial charge in [-0.2, -0.15) is 0 Å². The molecule has 0 bridgehead atoms. The van der Waals surface area contributed by atoms with Crippen molar-refractivity contribution in [3.8, 4) is 0 Å². The van der Waals surface area contributed by atoms with Crippen LogP contribution >= 0.6 is 11.3 Å². The fraction of sp³-hybridized carbons (Fsp3) is 0.500. The predicted molar refractivity (Wildman–Crippen MR) is 120 cm³/mol. The largest absolute Gasteiger partial charge is 0.383 e. The maximum Gasteiger partial charge on any atom is 0.242 e. The van der Waals surface area contributed by atoms with Gasteiger partial charge in [-0.1, -0.05) is 25.0 Å². The third-order valence-electron chi connectivity index (χ3n) is 5.69. The second kappa shape index (κ2) is 11.4. The Morgan fingerprint density at radius 1 is 1.06 bits per heavy atom. The van der Waals surface area contributed by atoms with E-state index in [0.29, 0.717) is 26.2 Å². The molecule has 0 spiro atoms. The Kier molecular flexibility index (Phi) is 8.60. The molecule has 0 radical (unpaired) electrons. The number of carbonyl (C=O) groups is 2. The monoisotopic (exact) mass is 446 g/mol. The molecule has 1 heterocycles. The Labute approximate surface area is 187 Å². The van der Waals surface area contributed by atoms with Gasteiger partial charge in [0.25, 0.3) is 0 Å². The van der Waals surface area contributed by atoms with Gasteiger partial charge in [0.05, 0.1) is 19.7 Å². The highest BCUT2D eigenvalue weighted by Crippen LogP contribution is 2.27. The first-order chi connectivity index (χ1) is 15.0. The molecule has 1 aliphatic carbocycles. The Hall–Kier alpha value is -2.25. The van der Waals surface area contributed by atoms with E-state index in [9.17, 15) is 14.0 Å². The molecular weight excluding hydrogens is 415 g/mol. The van der Waals surface area contributed by atoms with Crippen molar-refractivity contribution >= 4 is 23.2 Å². The summed E-state index contributed by atoms with van der Waals surface area (Å²) in [5, 5.41) is 0. The average molecular weight is 447 g/mol. The fourth-order valence-corrected chi connectivity index (χ4v) is 4.87. The first kappa shape index (κ1) is 23.4. The Balaban J connectivity index is 1.75. The minimum Gasteiger partial charge on any atom is -0.383 e. The van der Waals surface area contributed by atoms with E-state index >= 15 is 0 Å². The molecule has 1 fully saturated rings. The highest BCUT2D eigenvalue weighted by Gasteiger charge is 2.29. The summed E-state index contributed by atoms with van der Waals surface area (Å²) in [6, 6.07) is 10.3. The van der Waals surface area contributed by atoms with Gasteiger partial charge in [-0.25, -0.2) is 4.39 Å². The number of hydrogen-bond donors (Lipinski definition) is 0. The molecule has 31 heavy (non-hydrogen) atoms. The van der Waals surface area contributed by atoms with Gasteiger partial charge in [0, 0.05) is 35.9 Å². The van der Waals surface area contributed by atoms with E-state index in [0.717, 1.165) is 36.1 Å². The van der Waals surface area contributed by atoms with Crippen molar-refractivity contribution in [1.29, 1.82) is 0 Å². The number of hydrogen-bond acceptors (Lipinski definition) is 4. The van der Waals surface area contributed by atoms with E-state index in [-0.39, 0.29) is 30.1 Å². The second-order valence-corrected chi connectivity index (χ2v) is 9.50. The summed E-state index contributed by atoms with van der Waals surface area (Å²) >= 11 is 1.65. The molecule has 1 saturated carbocycles. The van der Waals surface area contributed by atoms with Gasteiger partial charge in [0.15, 0.2) is 0 Å². The van der Waals surface area contributed by atoms with Crippen molar-refractivity contribution in [3.63, 3.8) is 0 Å². The van der Waals surface area contributed by atoms with Gasteiger partial charge in [0.2, 0.25) is 11.8 Å². The van der Waals surface area contributed by atoms with Gasteiger partial charge < -0.3 is 14.5 Å². The summed E-state index contributed by atoms with van der Waals surface area (Å²) in [7, 11) is 1.60. The second-order valence-electron chi connectivity index (χ2n) is 8.12. The van der Waals surface area contributed by atoms with Gasteiger partial charge in [0.1, 0.15) is 5.82 Å². The van der Waals surface area contributed by atoms with Crippen LogP contribution in [-0.2, 0) is 27.4 Å². The standard InChI is InChI=1S/C24H31FN2O3S/c1-18-7-12-22(31-18)16-27(15-19-8-10-21(25)11-9-19)23(28)17-26(13-14-30-2)24(29)20-5-3-4-6-20/h7-12,20H,3-6,13-17H2,1-2H3. The summed E-state index contributed by atoms with van der Waals surface area (Å²) in [4.78, 5) is 32.0. The van der Waals surface area contributed by atoms with Crippen LogP contribution in [0.15, 0.2) is 36.4 Å². The smallest absolute Gasteiger partial charge is 0.242 e. The number of aryl methyl sites for hydroxylation is 1. The van der Waals surface area contributed by atoms with Crippen LogP contribution in [0.1, 0.15) is 41.0 Å². The average Bonchev–Trinajstić information content (AvgIpc) is 3.43. The van der Waals surface area contributed by atoms with E-state index < -0.39 is 0 Å². The normalized spacial score (nSPS) is 14.0. The molecule has 1 aliphatic rings. The number of amides is 2. The highest BCUT2D eigenvalue weighted by atomic mass is 32.1. The molecule has 0 saturated heterocycles. The Bertz CT molecular complexity index is 862. The molecule has 0 unspecified atom stereocenters. The number of carbonyl (C=O) groups excluding carboxylic acids is 2. The lowest BCUT2D eigenvalue weighted by Gasteiger charge is -2.29. The Morgan fingerprint density at radius 2 is 1.77 bits per heavy atom. The number of rotatable bonds is 10. The molecule has 2 aromatic rings. The van der Waals surface area contributed by atoms with Crippen molar-refractivity contribution in [1.82, 2.24) is 9.80 Å².